The van der Waals surface area contributed by atoms with Crippen LogP contribution in [0.4, 0.5) is 0 Å². The van der Waals surface area contributed by atoms with E-state index in [0.29, 0.717) is 0 Å². The Bertz CT molecular complexity index is 364. The molecule has 1 aromatic carbocycles. The van der Waals surface area contributed by atoms with Crippen molar-refractivity contribution < 1.29 is 25.9 Å². The number of Topliss-reactive ketones (excluding diaryl/α,β-unsaturated/α-hetero) is 1. The van der Waals surface area contributed by atoms with Crippen molar-refractivity contribution in [2.45, 2.75) is 10.3 Å². The van der Waals surface area contributed by atoms with Gasteiger partial charge in [-0.25, -0.2) is 0 Å². The Labute approximate surface area is 113 Å². The molecular formula is C11H8Cl2OW. The fourth-order valence-corrected chi connectivity index (χ4v) is 2.54. The van der Waals surface area contributed by atoms with E-state index in [1.807, 2.05) is 18.2 Å². The van der Waals surface area contributed by atoms with Gasteiger partial charge in [-0.2, -0.15) is 35.9 Å². The number of rotatable bonds is 1. The van der Waals surface area contributed by atoms with Crippen molar-refractivity contribution in [3.8, 4) is 0 Å². The zero-order valence-electron chi connectivity index (χ0n) is 7.74. The van der Waals surface area contributed by atoms with Crippen molar-refractivity contribution in [1.29, 1.82) is 0 Å². The molecule has 1 nitrogen and oxygen atoms in total. The largest absolute Gasteiger partial charge is 2.00 e. The Hall–Kier alpha value is 0.158. The van der Waals surface area contributed by atoms with E-state index in [4.69, 9.17) is 23.2 Å². The van der Waals surface area contributed by atoms with Crippen molar-refractivity contribution in [2.75, 3.05) is 0 Å². The van der Waals surface area contributed by atoms with Crippen molar-refractivity contribution in [1.82, 2.24) is 0 Å². The number of alkyl halides is 2. The summed E-state index contributed by atoms with van der Waals surface area (Å²) in [5, 5.41) is 0. The number of halogens is 2. The zero-order valence-corrected chi connectivity index (χ0v) is 12.2. The first kappa shape index (κ1) is 13.2. The summed E-state index contributed by atoms with van der Waals surface area (Å²) >= 11 is 11.8. The van der Waals surface area contributed by atoms with Crippen LogP contribution in [0.5, 0.6) is 0 Å². The summed E-state index contributed by atoms with van der Waals surface area (Å²) in [6.45, 7) is 3.74. The molecule has 4 heteroatoms. The van der Waals surface area contributed by atoms with Crippen LogP contribution in [0.25, 0.3) is 0 Å². The van der Waals surface area contributed by atoms with E-state index in [9.17, 15) is 4.79 Å². The molecule has 2 rings (SSSR count). The topological polar surface area (TPSA) is 17.1 Å². The number of hydrogen-bond acceptors (Lipinski definition) is 1. The minimum absolute atomic E-state index is 0. The van der Waals surface area contributed by atoms with E-state index in [2.05, 4.69) is 13.0 Å². The van der Waals surface area contributed by atoms with Crippen molar-refractivity contribution in [2.24, 2.45) is 5.92 Å². The van der Waals surface area contributed by atoms with E-state index in [0.717, 1.165) is 5.56 Å². The van der Waals surface area contributed by atoms with Crippen LogP contribution in [-0.2, 0) is 25.9 Å². The number of benzene rings is 1. The third-order valence-corrected chi connectivity index (χ3v) is 3.37. The van der Waals surface area contributed by atoms with Gasteiger partial charge in [-0.1, -0.05) is 29.1 Å². The van der Waals surface area contributed by atoms with Crippen LogP contribution < -0.4 is 0 Å². The van der Waals surface area contributed by atoms with Gasteiger partial charge in [-0.05, 0) is 5.92 Å². The summed E-state index contributed by atoms with van der Waals surface area (Å²) in [4.78, 5) is 11.3. The maximum absolute atomic E-state index is 11.3. The third kappa shape index (κ3) is 2.02. The average Bonchev–Trinajstić information content (AvgIpc) is 2.18. The van der Waals surface area contributed by atoms with Gasteiger partial charge in [-0.3, -0.25) is 4.79 Å². The van der Waals surface area contributed by atoms with E-state index in [1.165, 1.54) is 0 Å². The van der Waals surface area contributed by atoms with Gasteiger partial charge in [-0.15, -0.1) is 0 Å². The van der Waals surface area contributed by atoms with Gasteiger partial charge in [0.2, 0.25) is 0 Å². The summed E-state index contributed by atoms with van der Waals surface area (Å²) in [6, 6.07) is 10.4. The third-order valence-electron chi connectivity index (χ3n) is 2.53. The molecule has 0 bridgehead atoms. The first-order chi connectivity index (χ1) is 6.55. The standard InChI is InChI=1S/C11H8Cl2O.W/c1-7-9(11(12,13)10(7)14)8-5-3-2-4-6-8;/h2-5,7,9H,1H2;/q-2;+2. The van der Waals surface area contributed by atoms with Crippen LogP contribution in [0.15, 0.2) is 24.3 Å². The minimum Gasteiger partial charge on any atom is -0.332 e. The Kier molecular flexibility index (Phi) is 4.03. The molecule has 0 N–H and O–H groups in total. The fraction of sp³-hybridized carbons (Fsp3) is 0.273. The molecular weight excluding hydrogens is 403 g/mol. The van der Waals surface area contributed by atoms with Crippen LogP contribution in [0.3, 0.4) is 0 Å². The van der Waals surface area contributed by atoms with E-state index in [-0.39, 0.29) is 38.7 Å². The average molecular weight is 411 g/mol. The molecule has 2 atom stereocenters. The SMILES string of the molecule is [CH2-]C1C(=O)C(Cl)(Cl)C1c1[c-]cccc1.[W+2]. The van der Waals surface area contributed by atoms with E-state index < -0.39 is 4.33 Å². The molecule has 0 heterocycles. The normalized spacial score (nSPS) is 27.8. The van der Waals surface area contributed by atoms with Crippen LogP contribution in [0.1, 0.15) is 11.5 Å². The van der Waals surface area contributed by atoms with E-state index in [1.54, 1.807) is 6.07 Å². The molecule has 0 amide bonds. The number of carbonyl (C=O) groups is 1. The molecule has 0 aliphatic heterocycles. The summed E-state index contributed by atoms with van der Waals surface area (Å²) in [5.74, 6) is -0.800. The zero-order chi connectivity index (χ0) is 10.3. The summed E-state index contributed by atoms with van der Waals surface area (Å²) in [6.07, 6.45) is 0. The molecule has 1 aliphatic carbocycles. The maximum Gasteiger partial charge on any atom is 2.00 e. The number of carbonyl (C=O) groups excluding carboxylic acids is 1. The predicted molar refractivity (Wildman–Crippen MR) is 56.3 cm³/mol. The number of ketones is 1. The molecule has 0 saturated heterocycles. The van der Waals surface area contributed by atoms with E-state index >= 15 is 0 Å². The molecule has 0 radical (unpaired) electrons. The van der Waals surface area contributed by atoms with Gasteiger partial charge in [0.15, 0.2) is 4.33 Å². The van der Waals surface area contributed by atoms with Gasteiger partial charge in [0.1, 0.15) is 5.78 Å². The number of hydrogen-bond donors (Lipinski definition) is 0. The van der Waals surface area contributed by atoms with Gasteiger partial charge < -0.3 is 6.92 Å². The van der Waals surface area contributed by atoms with Gasteiger partial charge in [0.25, 0.3) is 0 Å². The van der Waals surface area contributed by atoms with Crippen LogP contribution in [-0.4, -0.2) is 10.1 Å². The summed E-state index contributed by atoms with van der Waals surface area (Å²) in [7, 11) is 0. The Morgan fingerprint density at radius 1 is 1.40 bits per heavy atom. The maximum atomic E-state index is 11.3. The molecule has 2 unspecified atom stereocenters. The first-order valence-electron chi connectivity index (χ1n) is 4.27. The second-order valence-corrected chi connectivity index (χ2v) is 4.78. The molecule has 15 heavy (non-hydrogen) atoms. The molecule has 0 aromatic heterocycles. The Morgan fingerprint density at radius 3 is 2.53 bits per heavy atom. The van der Waals surface area contributed by atoms with Crippen molar-refractivity contribution in [3.63, 3.8) is 0 Å². The predicted octanol–water partition coefficient (Wildman–Crippen LogP) is 2.77. The first-order valence-corrected chi connectivity index (χ1v) is 5.02. The summed E-state index contributed by atoms with van der Waals surface area (Å²) < 4.78 is -1.32. The Balaban J connectivity index is 0.00000112. The monoisotopic (exact) mass is 410 g/mol. The fourth-order valence-electron chi connectivity index (χ4n) is 1.72. The smallest absolute Gasteiger partial charge is 0.332 e. The summed E-state index contributed by atoms with van der Waals surface area (Å²) in [5.41, 5.74) is 0.845. The van der Waals surface area contributed by atoms with Gasteiger partial charge >= 0.3 is 21.1 Å². The van der Waals surface area contributed by atoms with Crippen molar-refractivity contribution >= 4 is 29.0 Å². The quantitative estimate of drug-likeness (QED) is 0.514. The van der Waals surface area contributed by atoms with Gasteiger partial charge in [0.05, 0.1) is 0 Å². The van der Waals surface area contributed by atoms with Crippen LogP contribution in [0.2, 0.25) is 0 Å². The van der Waals surface area contributed by atoms with Gasteiger partial charge in [0, 0.05) is 0 Å². The molecule has 1 aliphatic rings. The molecule has 1 aromatic rings. The minimum atomic E-state index is -1.32. The molecule has 0 spiro atoms. The second kappa shape index (κ2) is 4.57. The Morgan fingerprint density at radius 2 is 2.07 bits per heavy atom. The van der Waals surface area contributed by atoms with Crippen LogP contribution in [0, 0.1) is 18.9 Å². The molecule has 78 valence electrons. The second-order valence-electron chi connectivity index (χ2n) is 3.39. The van der Waals surface area contributed by atoms with Crippen molar-refractivity contribution in [3.05, 3.63) is 42.8 Å². The van der Waals surface area contributed by atoms with Crippen LogP contribution >= 0.6 is 23.2 Å². The molecule has 1 fully saturated rings. The molecule has 1 saturated carbocycles.